The summed E-state index contributed by atoms with van der Waals surface area (Å²) in [6, 6.07) is 7.98. The van der Waals surface area contributed by atoms with E-state index in [0.717, 1.165) is 37.4 Å². The molecule has 3 heterocycles. The first-order valence-corrected chi connectivity index (χ1v) is 10.0. The molecule has 1 amide bonds. The molecular weight excluding hydrogens is 382 g/mol. The first-order valence-electron chi connectivity index (χ1n) is 10.0. The zero-order valence-electron chi connectivity index (χ0n) is 17.1. The van der Waals surface area contributed by atoms with E-state index in [4.69, 9.17) is 4.42 Å². The Bertz CT molecular complexity index is 1000. The Morgan fingerprint density at radius 1 is 1.20 bits per heavy atom. The predicted molar refractivity (Wildman–Crippen MR) is 113 cm³/mol. The highest BCUT2D eigenvalue weighted by atomic mass is 16.4. The number of hydrogen-bond donors (Lipinski definition) is 2. The SMILES string of the molecule is CNCc1ccc(-c2nnc(-c3cncc(N4CC[C@@H](CNC(C)=O)C4)n3)o2)cc1. The Balaban J connectivity index is 1.46. The third-order valence-corrected chi connectivity index (χ3v) is 5.10. The summed E-state index contributed by atoms with van der Waals surface area (Å²) in [6.45, 7) is 4.72. The van der Waals surface area contributed by atoms with Crippen LogP contribution < -0.4 is 15.5 Å². The number of carbonyl (C=O) groups excluding carboxylic acids is 1. The largest absolute Gasteiger partial charge is 0.415 e. The minimum absolute atomic E-state index is 0.000827. The predicted octanol–water partition coefficient (Wildman–Crippen LogP) is 1.88. The van der Waals surface area contributed by atoms with Gasteiger partial charge in [0.25, 0.3) is 5.89 Å². The van der Waals surface area contributed by atoms with Gasteiger partial charge in [0.15, 0.2) is 0 Å². The van der Waals surface area contributed by atoms with Crippen LogP contribution in [0.15, 0.2) is 41.1 Å². The van der Waals surface area contributed by atoms with Crippen LogP contribution in [0.3, 0.4) is 0 Å². The van der Waals surface area contributed by atoms with Crippen LogP contribution in [0.1, 0.15) is 18.9 Å². The highest BCUT2D eigenvalue weighted by Crippen LogP contribution is 2.26. The summed E-state index contributed by atoms with van der Waals surface area (Å²) in [7, 11) is 1.92. The molecule has 0 unspecified atom stereocenters. The second-order valence-electron chi connectivity index (χ2n) is 7.44. The summed E-state index contributed by atoms with van der Waals surface area (Å²) in [4.78, 5) is 22.3. The summed E-state index contributed by atoms with van der Waals surface area (Å²) in [5.74, 6) is 1.96. The van der Waals surface area contributed by atoms with E-state index in [1.54, 1.807) is 12.4 Å². The Morgan fingerprint density at radius 3 is 2.77 bits per heavy atom. The smallest absolute Gasteiger partial charge is 0.268 e. The molecule has 0 aliphatic carbocycles. The standard InChI is InChI=1S/C21H25N7O2/c1-14(29)24-10-16-7-8-28(13-16)19-12-23-11-18(25-19)21-27-26-20(30-21)17-5-3-15(4-6-17)9-22-2/h3-6,11-12,16,22H,7-10,13H2,1-2H3,(H,24,29)/t16-/m0/s1. The van der Waals surface area contributed by atoms with Gasteiger partial charge in [-0.05, 0) is 37.1 Å². The maximum Gasteiger partial charge on any atom is 0.268 e. The van der Waals surface area contributed by atoms with Crippen molar-refractivity contribution in [2.45, 2.75) is 19.9 Å². The van der Waals surface area contributed by atoms with Gasteiger partial charge in [-0.25, -0.2) is 4.98 Å². The van der Waals surface area contributed by atoms with Gasteiger partial charge < -0.3 is 20.0 Å². The molecule has 4 rings (SSSR count). The molecule has 2 aromatic heterocycles. The minimum Gasteiger partial charge on any atom is -0.415 e. The summed E-state index contributed by atoms with van der Waals surface area (Å²) in [5, 5.41) is 14.3. The number of carbonyl (C=O) groups is 1. The molecule has 1 saturated heterocycles. The zero-order chi connectivity index (χ0) is 20.9. The van der Waals surface area contributed by atoms with E-state index >= 15 is 0 Å². The summed E-state index contributed by atoms with van der Waals surface area (Å²) in [5.41, 5.74) is 2.59. The van der Waals surface area contributed by atoms with E-state index in [9.17, 15) is 4.79 Å². The number of rotatable bonds is 7. The topological polar surface area (TPSA) is 109 Å². The number of amides is 1. The molecule has 0 spiro atoms. The summed E-state index contributed by atoms with van der Waals surface area (Å²) < 4.78 is 5.85. The highest BCUT2D eigenvalue weighted by Gasteiger charge is 2.24. The maximum absolute atomic E-state index is 11.1. The lowest BCUT2D eigenvalue weighted by Gasteiger charge is -2.17. The normalized spacial score (nSPS) is 16.1. The number of nitrogens with one attached hydrogen (secondary N) is 2. The third kappa shape index (κ3) is 4.62. The summed E-state index contributed by atoms with van der Waals surface area (Å²) in [6.07, 6.45) is 4.37. The zero-order valence-corrected chi connectivity index (χ0v) is 17.1. The number of aromatic nitrogens is 4. The van der Waals surface area contributed by atoms with Crippen LogP contribution in [-0.2, 0) is 11.3 Å². The van der Waals surface area contributed by atoms with Crippen LogP contribution in [0.5, 0.6) is 0 Å². The van der Waals surface area contributed by atoms with Crippen LogP contribution in [0, 0.1) is 5.92 Å². The monoisotopic (exact) mass is 407 g/mol. The first-order chi connectivity index (χ1) is 14.6. The molecule has 9 nitrogen and oxygen atoms in total. The lowest BCUT2D eigenvalue weighted by Crippen LogP contribution is -2.29. The molecule has 0 saturated carbocycles. The summed E-state index contributed by atoms with van der Waals surface area (Å²) >= 11 is 0. The van der Waals surface area contributed by atoms with Crippen molar-refractivity contribution in [1.82, 2.24) is 30.8 Å². The van der Waals surface area contributed by atoms with Gasteiger partial charge in [0.1, 0.15) is 11.5 Å². The first kappa shape index (κ1) is 20.0. The number of nitrogens with zero attached hydrogens (tertiary/aromatic N) is 5. The average Bonchev–Trinajstić information content (AvgIpc) is 3.43. The van der Waals surface area contributed by atoms with Gasteiger partial charge in [-0.1, -0.05) is 12.1 Å². The molecule has 0 bridgehead atoms. The lowest BCUT2D eigenvalue weighted by molar-refractivity contribution is -0.119. The van der Waals surface area contributed by atoms with Gasteiger partial charge in [0.2, 0.25) is 11.8 Å². The van der Waals surface area contributed by atoms with Crippen molar-refractivity contribution in [3.8, 4) is 23.0 Å². The van der Waals surface area contributed by atoms with Gasteiger partial charge in [-0.2, -0.15) is 0 Å². The molecule has 156 valence electrons. The molecule has 9 heteroatoms. The minimum atomic E-state index is -0.000827. The quantitative estimate of drug-likeness (QED) is 0.611. The van der Waals surface area contributed by atoms with E-state index in [1.807, 2.05) is 31.3 Å². The Labute approximate surface area is 174 Å². The van der Waals surface area contributed by atoms with Crippen molar-refractivity contribution in [2.75, 3.05) is 31.6 Å². The van der Waals surface area contributed by atoms with Gasteiger partial charge in [0, 0.05) is 38.7 Å². The van der Waals surface area contributed by atoms with Crippen molar-refractivity contribution in [3.63, 3.8) is 0 Å². The number of anilines is 1. The van der Waals surface area contributed by atoms with Crippen molar-refractivity contribution >= 4 is 11.7 Å². The van der Waals surface area contributed by atoms with Crippen LogP contribution in [0.2, 0.25) is 0 Å². The van der Waals surface area contributed by atoms with Crippen LogP contribution in [0.4, 0.5) is 5.82 Å². The Hall–Kier alpha value is -3.33. The number of benzene rings is 1. The van der Waals surface area contributed by atoms with Crippen molar-refractivity contribution < 1.29 is 9.21 Å². The fraction of sp³-hybridized carbons (Fsp3) is 0.381. The van der Waals surface area contributed by atoms with E-state index in [0.29, 0.717) is 29.9 Å². The van der Waals surface area contributed by atoms with Crippen LogP contribution >= 0.6 is 0 Å². The second kappa shape index (κ2) is 9.00. The highest BCUT2D eigenvalue weighted by molar-refractivity contribution is 5.72. The van der Waals surface area contributed by atoms with Crippen LogP contribution in [-0.4, -0.2) is 52.8 Å². The molecule has 1 fully saturated rings. The fourth-order valence-electron chi connectivity index (χ4n) is 3.52. The van der Waals surface area contributed by atoms with E-state index in [2.05, 4.69) is 35.7 Å². The molecule has 3 aromatic rings. The Morgan fingerprint density at radius 2 is 2.00 bits per heavy atom. The molecule has 1 aromatic carbocycles. The molecular formula is C21H25N7O2. The molecule has 2 N–H and O–H groups in total. The van der Waals surface area contributed by atoms with E-state index < -0.39 is 0 Å². The van der Waals surface area contributed by atoms with Crippen molar-refractivity contribution in [2.24, 2.45) is 5.92 Å². The van der Waals surface area contributed by atoms with Gasteiger partial charge >= 0.3 is 0 Å². The molecule has 1 aliphatic rings. The second-order valence-corrected chi connectivity index (χ2v) is 7.44. The molecule has 1 atom stereocenters. The van der Waals surface area contributed by atoms with Gasteiger partial charge in [0.05, 0.1) is 12.4 Å². The van der Waals surface area contributed by atoms with Gasteiger partial charge in [-0.15, -0.1) is 10.2 Å². The van der Waals surface area contributed by atoms with E-state index in [-0.39, 0.29) is 5.91 Å². The lowest BCUT2D eigenvalue weighted by atomic mass is 10.1. The fourth-order valence-corrected chi connectivity index (χ4v) is 3.52. The van der Waals surface area contributed by atoms with Gasteiger partial charge in [-0.3, -0.25) is 9.78 Å². The molecule has 0 radical (unpaired) electrons. The average molecular weight is 407 g/mol. The number of hydrogen-bond acceptors (Lipinski definition) is 8. The molecule has 1 aliphatic heterocycles. The van der Waals surface area contributed by atoms with Crippen molar-refractivity contribution in [3.05, 3.63) is 42.2 Å². The van der Waals surface area contributed by atoms with Crippen LogP contribution in [0.25, 0.3) is 23.0 Å². The third-order valence-electron chi connectivity index (χ3n) is 5.10. The molecule has 30 heavy (non-hydrogen) atoms. The van der Waals surface area contributed by atoms with Crippen molar-refractivity contribution in [1.29, 1.82) is 0 Å². The Kier molecular flexibility index (Phi) is 5.99. The van der Waals surface area contributed by atoms with E-state index in [1.165, 1.54) is 12.5 Å². The maximum atomic E-state index is 11.1.